The van der Waals surface area contributed by atoms with Gasteiger partial charge in [-0.05, 0) is 19.3 Å². The number of carbonyl (C=O) groups excluding carboxylic acids is 1. The van der Waals surface area contributed by atoms with E-state index in [0.717, 1.165) is 32.1 Å². The summed E-state index contributed by atoms with van der Waals surface area (Å²) in [6.45, 7) is 4.08. The first-order chi connectivity index (χ1) is 23.4. The predicted molar refractivity (Wildman–Crippen MR) is 203 cm³/mol. The van der Waals surface area contributed by atoms with Gasteiger partial charge in [0.1, 0.15) is 0 Å². The lowest BCUT2D eigenvalue weighted by atomic mass is 10.0. The maximum Gasteiger partial charge on any atom is 0.472 e. The molecule has 5 N–H and O–H groups in total. The number of nitrogens with two attached hydrogens (primary N) is 1. The normalized spacial score (nSPS) is 14.5. The van der Waals surface area contributed by atoms with Gasteiger partial charge in [-0.15, -0.1) is 0 Å². The molecule has 48 heavy (non-hydrogen) atoms. The summed E-state index contributed by atoms with van der Waals surface area (Å²) >= 11 is 0. The predicted octanol–water partition coefficient (Wildman–Crippen LogP) is 10.6. The molecule has 284 valence electrons. The molecule has 9 heteroatoms. The second kappa shape index (κ2) is 35.8. The lowest BCUT2D eigenvalue weighted by Gasteiger charge is -2.23. The van der Waals surface area contributed by atoms with E-state index in [-0.39, 0.29) is 25.7 Å². The van der Waals surface area contributed by atoms with E-state index in [4.69, 9.17) is 14.8 Å². The van der Waals surface area contributed by atoms with Crippen LogP contribution in [0.15, 0.2) is 24.3 Å². The molecule has 0 radical (unpaired) electrons. The molecule has 0 aliphatic carbocycles. The Morgan fingerprint density at radius 1 is 0.688 bits per heavy atom. The Hall–Kier alpha value is -1.02. The Morgan fingerprint density at radius 2 is 1.12 bits per heavy atom. The molecule has 8 nitrogen and oxygen atoms in total. The molecule has 0 fully saturated rings. The molecular weight excluding hydrogens is 623 g/mol. The van der Waals surface area contributed by atoms with Gasteiger partial charge in [0.15, 0.2) is 0 Å². The van der Waals surface area contributed by atoms with Crippen molar-refractivity contribution in [3.63, 3.8) is 0 Å². The van der Waals surface area contributed by atoms with Gasteiger partial charge in [-0.3, -0.25) is 13.8 Å². The monoisotopic (exact) mass is 701 g/mol. The zero-order valence-electron chi connectivity index (χ0n) is 31.2. The van der Waals surface area contributed by atoms with E-state index >= 15 is 0 Å². The minimum atomic E-state index is -4.34. The summed E-state index contributed by atoms with van der Waals surface area (Å²) in [5.74, 6) is -0.210. The van der Waals surface area contributed by atoms with Crippen molar-refractivity contribution in [2.75, 3.05) is 19.8 Å². The molecule has 0 aromatic carbocycles. The molecule has 3 atom stereocenters. The molecular formula is C39H77N2O6P. The summed E-state index contributed by atoms with van der Waals surface area (Å²) in [6, 6.07) is -0.886. The second-order valence-electron chi connectivity index (χ2n) is 13.5. The number of hydrogen-bond acceptors (Lipinski definition) is 6. The van der Waals surface area contributed by atoms with Gasteiger partial charge in [-0.1, -0.05) is 186 Å². The van der Waals surface area contributed by atoms with Crippen molar-refractivity contribution in [3.05, 3.63) is 24.3 Å². The first-order valence-corrected chi connectivity index (χ1v) is 21.5. The van der Waals surface area contributed by atoms with E-state index in [9.17, 15) is 19.4 Å². The summed E-state index contributed by atoms with van der Waals surface area (Å²) in [6.07, 6.45) is 39.5. The topological polar surface area (TPSA) is 131 Å². The van der Waals surface area contributed by atoms with Gasteiger partial charge in [0, 0.05) is 13.0 Å². The molecule has 0 bridgehead atoms. The molecule has 1 amide bonds. The second-order valence-corrected chi connectivity index (χ2v) is 15.0. The van der Waals surface area contributed by atoms with Crippen LogP contribution in [0.25, 0.3) is 0 Å². The molecule has 0 spiro atoms. The smallest absolute Gasteiger partial charge is 0.387 e. The minimum Gasteiger partial charge on any atom is -0.387 e. The van der Waals surface area contributed by atoms with Gasteiger partial charge in [-0.2, -0.15) is 0 Å². The van der Waals surface area contributed by atoms with Crippen LogP contribution in [0.3, 0.4) is 0 Å². The number of nitrogens with one attached hydrogen (secondary N) is 1. The molecule has 0 rings (SSSR count). The van der Waals surface area contributed by atoms with Gasteiger partial charge in [0.25, 0.3) is 0 Å². The Balaban J connectivity index is 4.23. The van der Waals surface area contributed by atoms with Gasteiger partial charge in [-0.25, -0.2) is 4.57 Å². The summed E-state index contributed by atoms with van der Waals surface area (Å²) in [5.41, 5.74) is 5.35. The molecule has 0 heterocycles. The van der Waals surface area contributed by atoms with Crippen molar-refractivity contribution in [1.29, 1.82) is 0 Å². The summed E-state index contributed by atoms with van der Waals surface area (Å²) in [5, 5.41) is 13.5. The van der Waals surface area contributed by atoms with E-state index in [2.05, 4.69) is 25.2 Å². The number of unbranched alkanes of at least 4 members (excludes halogenated alkanes) is 24. The van der Waals surface area contributed by atoms with Crippen molar-refractivity contribution in [1.82, 2.24) is 5.32 Å². The zero-order chi connectivity index (χ0) is 35.4. The molecule has 0 aliphatic heterocycles. The van der Waals surface area contributed by atoms with Gasteiger partial charge in [0.2, 0.25) is 5.91 Å². The Bertz CT molecular complexity index is 809. The van der Waals surface area contributed by atoms with Crippen LogP contribution in [-0.4, -0.2) is 47.8 Å². The number of allylic oxidation sites excluding steroid dienone is 3. The SMILES string of the molecule is CCCCCCCCC/C=C/C=C/[C@@H](O)[C@H](COP(=O)(O)OCCN)NC(=O)CCCCCCCCCCCCCCCCCCCC. The third kappa shape index (κ3) is 33.5. The van der Waals surface area contributed by atoms with Crippen LogP contribution in [0.4, 0.5) is 0 Å². The van der Waals surface area contributed by atoms with Crippen LogP contribution in [0, 0.1) is 0 Å². The number of aliphatic hydroxyl groups excluding tert-OH is 1. The van der Waals surface area contributed by atoms with E-state index in [0.29, 0.717) is 6.42 Å². The van der Waals surface area contributed by atoms with Crippen LogP contribution in [-0.2, 0) is 18.4 Å². The first-order valence-electron chi connectivity index (χ1n) is 20.0. The molecule has 0 aromatic heterocycles. The van der Waals surface area contributed by atoms with Crippen LogP contribution < -0.4 is 11.1 Å². The van der Waals surface area contributed by atoms with Gasteiger partial charge in [0.05, 0.1) is 25.4 Å². The Labute approximate surface area is 296 Å². The van der Waals surface area contributed by atoms with Crippen LogP contribution in [0.1, 0.15) is 187 Å². The number of phosphoric acid groups is 1. The van der Waals surface area contributed by atoms with E-state index in [1.54, 1.807) is 12.2 Å². The molecule has 0 aliphatic rings. The highest BCUT2D eigenvalue weighted by Gasteiger charge is 2.26. The third-order valence-electron chi connectivity index (χ3n) is 8.84. The highest BCUT2D eigenvalue weighted by atomic mass is 31.2. The number of carbonyl (C=O) groups is 1. The first kappa shape index (κ1) is 47.0. The average molecular weight is 701 g/mol. The van der Waals surface area contributed by atoms with Crippen LogP contribution in [0.2, 0.25) is 0 Å². The van der Waals surface area contributed by atoms with E-state index in [1.165, 1.54) is 135 Å². The number of phosphoric ester groups is 1. The maximum atomic E-state index is 12.7. The van der Waals surface area contributed by atoms with Crippen molar-refractivity contribution in [2.24, 2.45) is 5.73 Å². The maximum absolute atomic E-state index is 12.7. The fraction of sp³-hybridized carbons (Fsp3) is 0.872. The highest BCUT2D eigenvalue weighted by molar-refractivity contribution is 7.47. The van der Waals surface area contributed by atoms with Crippen molar-refractivity contribution < 1.29 is 28.4 Å². The summed E-state index contributed by atoms with van der Waals surface area (Å²) in [4.78, 5) is 22.6. The molecule has 0 aromatic rings. The molecule has 0 saturated heterocycles. The third-order valence-corrected chi connectivity index (χ3v) is 9.82. The number of amides is 1. The van der Waals surface area contributed by atoms with Crippen LogP contribution in [0.5, 0.6) is 0 Å². The zero-order valence-corrected chi connectivity index (χ0v) is 32.1. The number of rotatable bonds is 37. The molecule has 1 unspecified atom stereocenters. The fourth-order valence-electron chi connectivity index (χ4n) is 5.78. The largest absolute Gasteiger partial charge is 0.472 e. The van der Waals surface area contributed by atoms with Crippen LogP contribution >= 0.6 is 7.82 Å². The Morgan fingerprint density at radius 3 is 1.58 bits per heavy atom. The van der Waals surface area contributed by atoms with Crippen molar-refractivity contribution >= 4 is 13.7 Å². The average Bonchev–Trinajstić information content (AvgIpc) is 3.07. The Kier molecular flexibility index (Phi) is 35.0. The lowest BCUT2D eigenvalue weighted by molar-refractivity contribution is -0.123. The quantitative estimate of drug-likeness (QED) is 0.0288. The van der Waals surface area contributed by atoms with Gasteiger partial charge < -0.3 is 21.1 Å². The van der Waals surface area contributed by atoms with Gasteiger partial charge >= 0.3 is 7.82 Å². The fourth-order valence-corrected chi connectivity index (χ4v) is 6.54. The molecule has 0 saturated carbocycles. The lowest BCUT2D eigenvalue weighted by Crippen LogP contribution is -2.45. The number of hydrogen-bond donors (Lipinski definition) is 4. The summed E-state index contributed by atoms with van der Waals surface area (Å²) < 4.78 is 22.0. The minimum absolute atomic E-state index is 0.0734. The van der Waals surface area contributed by atoms with E-state index in [1.807, 2.05) is 6.08 Å². The standard InChI is InChI=1S/C39H77N2O6P/c1-3-5-7-9-11-13-15-16-17-18-19-20-21-23-25-27-29-31-33-39(43)41-37(36-47-48(44,45)46-35-34-40)38(42)32-30-28-26-24-22-14-12-10-8-6-4-2/h26,28,30,32,37-38,42H,3-25,27,29,31,33-36,40H2,1-2H3,(H,41,43)(H,44,45)/b28-26+,32-30+/t37-,38+/m0/s1. The van der Waals surface area contributed by atoms with Crippen molar-refractivity contribution in [3.8, 4) is 0 Å². The van der Waals surface area contributed by atoms with E-state index < -0.39 is 20.0 Å². The summed E-state index contributed by atoms with van der Waals surface area (Å²) in [7, 11) is -4.34. The number of aliphatic hydroxyl groups is 1. The van der Waals surface area contributed by atoms with Crippen molar-refractivity contribution in [2.45, 2.75) is 199 Å². The highest BCUT2D eigenvalue weighted by Crippen LogP contribution is 2.43.